The third kappa shape index (κ3) is 6.25. The Morgan fingerprint density at radius 1 is 1.29 bits per heavy atom. The summed E-state index contributed by atoms with van der Waals surface area (Å²) in [5.41, 5.74) is -0.625. The molecule has 1 amide bonds. The topological polar surface area (TPSA) is 64.6 Å². The fraction of sp³-hybridized carbons (Fsp3) is 0.467. The monoisotopic (exact) mass is 297 g/mol. The number of rotatable bonds is 5. The first-order valence-corrected chi connectivity index (χ1v) is 6.58. The highest BCUT2D eigenvalue weighted by Crippen LogP contribution is 2.15. The molecule has 5 nitrogen and oxygen atoms in total. The SMILES string of the molecule is C[C@@H](NC(=O)COc1ccccc1F)C(=O)OC(C)(C)C. The average Bonchev–Trinajstić information content (AvgIpc) is 2.35. The summed E-state index contributed by atoms with van der Waals surface area (Å²) < 4.78 is 23.5. The van der Waals surface area contributed by atoms with Gasteiger partial charge in [0.15, 0.2) is 18.2 Å². The number of esters is 1. The third-order valence-corrected chi connectivity index (χ3v) is 2.33. The molecule has 0 bridgehead atoms. The summed E-state index contributed by atoms with van der Waals surface area (Å²) in [5, 5.41) is 2.43. The molecule has 0 aliphatic carbocycles. The molecule has 0 saturated carbocycles. The van der Waals surface area contributed by atoms with Crippen LogP contribution in [0.3, 0.4) is 0 Å². The smallest absolute Gasteiger partial charge is 0.328 e. The first kappa shape index (κ1) is 16.9. The van der Waals surface area contributed by atoms with Crippen molar-refractivity contribution < 1.29 is 23.5 Å². The number of hydrogen-bond donors (Lipinski definition) is 1. The van der Waals surface area contributed by atoms with E-state index in [9.17, 15) is 14.0 Å². The van der Waals surface area contributed by atoms with Crippen LogP contribution in [0.25, 0.3) is 0 Å². The maximum Gasteiger partial charge on any atom is 0.328 e. The van der Waals surface area contributed by atoms with Crippen molar-refractivity contribution in [2.45, 2.75) is 39.3 Å². The van der Waals surface area contributed by atoms with Crippen LogP contribution in [0.2, 0.25) is 0 Å². The summed E-state index contributed by atoms with van der Waals surface area (Å²) in [5.74, 6) is -1.64. The summed E-state index contributed by atoms with van der Waals surface area (Å²) in [6.07, 6.45) is 0. The van der Waals surface area contributed by atoms with Gasteiger partial charge < -0.3 is 14.8 Å². The van der Waals surface area contributed by atoms with Gasteiger partial charge in [0.2, 0.25) is 0 Å². The van der Waals surface area contributed by atoms with E-state index in [0.717, 1.165) is 0 Å². The number of carbonyl (C=O) groups excluding carboxylic acids is 2. The first-order chi connectivity index (χ1) is 9.69. The number of carbonyl (C=O) groups is 2. The molecule has 0 spiro atoms. The van der Waals surface area contributed by atoms with Crippen molar-refractivity contribution >= 4 is 11.9 Å². The molecule has 0 heterocycles. The highest BCUT2D eigenvalue weighted by Gasteiger charge is 2.23. The summed E-state index contributed by atoms with van der Waals surface area (Å²) in [6.45, 7) is 6.34. The molecule has 0 aliphatic heterocycles. The Morgan fingerprint density at radius 2 is 1.90 bits per heavy atom. The summed E-state index contributed by atoms with van der Waals surface area (Å²) >= 11 is 0. The van der Waals surface area contributed by atoms with Crippen LogP contribution >= 0.6 is 0 Å². The normalized spacial score (nSPS) is 12.4. The second-order valence-electron chi connectivity index (χ2n) is 5.54. The molecule has 0 radical (unpaired) electrons. The number of nitrogens with one attached hydrogen (secondary N) is 1. The lowest BCUT2D eigenvalue weighted by molar-refractivity contribution is -0.158. The van der Waals surface area contributed by atoms with E-state index in [1.54, 1.807) is 26.8 Å². The first-order valence-electron chi connectivity index (χ1n) is 6.58. The second kappa shape index (κ2) is 7.06. The van der Waals surface area contributed by atoms with Crippen molar-refractivity contribution in [2.75, 3.05) is 6.61 Å². The van der Waals surface area contributed by atoms with Crippen LogP contribution in [0.5, 0.6) is 5.75 Å². The van der Waals surface area contributed by atoms with Crippen LogP contribution in [0.15, 0.2) is 24.3 Å². The highest BCUT2D eigenvalue weighted by molar-refractivity contribution is 5.85. The van der Waals surface area contributed by atoms with E-state index in [-0.39, 0.29) is 12.4 Å². The molecule has 6 heteroatoms. The number of halogens is 1. The van der Waals surface area contributed by atoms with Crippen LogP contribution in [-0.4, -0.2) is 30.1 Å². The fourth-order valence-corrected chi connectivity index (χ4v) is 1.44. The molecule has 1 rings (SSSR count). The second-order valence-corrected chi connectivity index (χ2v) is 5.54. The van der Waals surface area contributed by atoms with E-state index >= 15 is 0 Å². The predicted octanol–water partition coefficient (Wildman–Crippen LogP) is 2.05. The van der Waals surface area contributed by atoms with Crippen molar-refractivity contribution in [1.29, 1.82) is 0 Å². The predicted molar refractivity (Wildman–Crippen MR) is 75.3 cm³/mol. The maximum atomic E-state index is 13.3. The standard InChI is InChI=1S/C15H20FNO4/c1-10(14(19)21-15(2,3)4)17-13(18)9-20-12-8-6-5-7-11(12)16/h5-8,10H,9H2,1-4H3,(H,17,18)/t10-/m1/s1. The van der Waals surface area contributed by atoms with Gasteiger partial charge in [0.05, 0.1) is 0 Å². The molecular formula is C15H20FNO4. The average molecular weight is 297 g/mol. The molecule has 0 aliphatic rings. The molecule has 116 valence electrons. The number of benzene rings is 1. The minimum absolute atomic E-state index is 0.0161. The van der Waals surface area contributed by atoms with E-state index in [2.05, 4.69) is 5.32 Å². The van der Waals surface area contributed by atoms with Crippen LogP contribution in [0.1, 0.15) is 27.7 Å². The minimum atomic E-state index is -0.805. The van der Waals surface area contributed by atoms with Crippen molar-refractivity contribution in [1.82, 2.24) is 5.32 Å². The zero-order valence-corrected chi connectivity index (χ0v) is 12.6. The van der Waals surface area contributed by atoms with E-state index in [1.165, 1.54) is 25.1 Å². The van der Waals surface area contributed by atoms with Gasteiger partial charge in [-0.15, -0.1) is 0 Å². The Hall–Kier alpha value is -2.11. The number of amides is 1. The Kier molecular flexibility index (Phi) is 5.69. The lowest BCUT2D eigenvalue weighted by Crippen LogP contribution is -2.43. The maximum absolute atomic E-state index is 13.3. The van der Waals surface area contributed by atoms with Gasteiger partial charge in [-0.2, -0.15) is 0 Å². The van der Waals surface area contributed by atoms with Crippen molar-refractivity contribution in [3.63, 3.8) is 0 Å². The molecular weight excluding hydrogens is 277 g/mol. The zero-order chi connectivity index (χ0) is 16.0. The molecule has 1 N–H and O–H groups in total. The van der Waals surface area contributed by atoms with Gasteiger partial charge in [0, 0.05) is 0 Å². The van der Waals surface area contributed by atoms with Gasteiger partial charge in [-0.25, -0.2) is 9.18 Å². The van der Waals surface area contributed by atoms with Crippen molar-refractivity contribution in [2.24, 2.45) is 0 Å². The van der Waals surface area contributed by atoms with Gasteiger partial charge in [0.1, 0.15) is 11.6 Å². The third-order valence-electron chi connectivity index (χ3n) is 2.33. The highest BCUT2D eigenvalue weighted by atomic mass is 19.1. The number of hydrogen-bond acceptors (Lipinski definition) is 4. The van der Waals surface area contributed by atoms with E-state index in [1.807, 2.05) is 0 Å². The van der Waals surface area contributed by atoms with Gasteiger partial charge in [-0.3, -0.25) is 4.79 Å². The number of ether oxygens (including phenoxy) is 2. The van der Waals surface area contributed by atoms with Gasteiger partial charge in [-0.1, -0.05) is 12.1 Å². The van der Waals surface area contributed by atoms with Crippen LogP contribution in [0.4, 0.5) is 4.39 Å². The van der Waals surface area contributed by atoms with Gasteiger partial charge in [0.25, 0.3) is 5.91 Å². The summed E-state index contributed by atoms with van der Waals surface area (Å²) in [7, 11) is 0. The minimum Gasteiger partial charge on any atom is -0.481 e. The van der Waals surface area contributed by atoms with Crippen molar-refractivity contribution in [3.05, 3.63) is 30.1 Å². The van der Waals surface area contributed by atoms with E-state index < -0.39 is 29.3 Å². The van der Waals surface area contributed by atoms with E-state index in [4.69, 9.17) is 9.47 Å². The van der Waals surface area contributed by atoms with Crippen LogP contribution < -0.4 is 10.1 Å². The lowest BCUT2D eigenvalue weighted by Gasteiger charge is -2.22. The molecule has 1 aromatic rings. The zero-order valence-electron chi connectivity index (χ0n) is 12.6. The van der Waals surface area contributed by atoms with Gasteiger partial charge in [-0.05, 0) is 39.8 Å². The molecule has 0 unspecified atom stereocenters. The quantitative estimate of drug-likeness (QED) is 0.845. The molecule has 21 heavy (non-hydrogen) atoms. The summed E-state index contributed by atoms with van der Waals surface area (Å²) in [4.78, 5) is 23.3. The van der Waals surface area contributed by atoms with Crippen molar-refractivity contribution in [3.8, 4) is 5.75 Å². The largest absolute Gasteiger partial charge is 0.481 e. The summed E-state index contributed by atoms with van der Waals surface area (Å²) in [6, 6.07) is 4.96. The van der Waals surface area contributed by atoms with Gasteiger partial charge >= 0.3 is 5.97 Å². The molecule has 0 saturated heterocycles. The Bertz CT molecular complexity index is 511. The molecule has 1 aromatic carbocycles. The Balaban J connectivity index is 2.43. The van der Waals surface area contributed by atoms with Crippen LogP contribution in [0, 0.1) is 5.82 Å². The van der Waals surface area contributed by atoms with E-state index in [0.29, 0.717) is 0 Å². The molecule has 1 atom stereocenters. The molecule has 0 fully saturated rings. The Morgan fingerprint density at radius 3 is 2.48 bits per heavy atom. The fourth-order valence-electron chi connectivity index (χ4n) is 1.44. The molecule has 0 aromatic heterocycles. The Labute approximate surface area is 123 Å². The number of para-hydroxylation sites is 1. The van der Waals surface area contributed by atoms with Crippen LogP contribution in [-0.2, 0) is 14.3 Å². The lowest BCUT2D eigenvalue weighted by atomic mass is 10.2.